The summed E-state index contributed by atoms with van der Waals surface area (Å²) in [5.41, 5.74) is 1.65. The fraction of sp³-hybridized carbons (Fsp3) is 0.533. The Morgan fingerprint density at radius 2 is 1.66 bits per heavy atom. The van der Waals surface area contributed by atoms with Gasteiger partial charge in [0.15, 0.2) is 0 Å². The summed E-state index contributed by atoms with van der Waals surface area (Å²) < 4.78 is 55.7. The highest BCUT2D eigenvalue weighted by atomic mass is 79.9. The number of carbonyl (C=O) groups is 2. The summed E-state index contributed by atoms with van der Waals surface area (Å²) in [6.07, 6.45) is 0.00209. The van der Waals surface area contributed by atoms with Gasteiger partial charge in [-0.3, -0.25) is 9.59 Å². The van der Waals surface area contributed by atoms with Crippen LogP contribution in [-0.4, -0.2) is 67.2 Å². The highest BCUT2D eigenvalue weighted by Gasteiger charge is 2.33. The minimum atomic E-state index is -4.82. The molecule has 0 bridgehead atoms. The maximum absolute atomic E-state index is 13.7. The number of alkyl halides is 3. The Balaban J connectivity index is 1.36. The Hall–Kier alpha value is -2.66. The van der Waals surface area contributed by atoms with E-state index < -0.39 is 6.36 Å². The highest BCUT2D eigenvalue weighted by molar-refractivity contribution is 9.10. The first-order valence-corrected chi connectivity index (χ1v) is 14.9. The van der Waals surface area contributed by atoms with E-state index in [1.807, 2.05) is 12.1 Å². The van der Waals surface area contributed by atoms with Crippen LogP contribution < -0.4 is 9.64 Å². The Kier molecular flexibility index (Phi) is 10.7. The molecule has 41 heavy (non-hydrogen) atoms. The maximum atomic E-state index is 13.7. The maximum Gasteiger partial charge on any atom is 0.573 e. The van der Waals surface area contributed by atoms with E-state index in [1.165, 1.54) is 37.3 Å². The van der Waals surface area contributed by atoms with Gasteiger partial charge in [-0.15, -0.1) is 13.2 Å². The number of piperidine rings is 2. The third kappa shape index (κ3) is 9.16. The summed E-state index contributed by atoms with van der Waals surface area (Å²) in [5.74, 6) is -0.411. The molecular weight excluding hydrogens is 606 g/mol. The minimum Gasteiger partial charge on any atom is -0.405 e. The standard InChI is InChI=1S/C30H36BrF4N3O3/c1-21(39)37-17-11-24(12-18-37)29(40)38(26-7-8-28(27(31)20-26)41-30(33,34)35)14-2-13-36-15-9-23(10-16-36)19-22-3-5-25(32)6-4-22/h3-8,20,23-24H,2,9-19H2,1H3. The van der Waals surface area contributed by atoms with Gasteiger partial charge in [0.2, 0.25) is 11.8 Å². The lowest BCUT2D eigenvalue weighted by molar-refractivity contribution is -0.274. The number of likely N-dealkylation sites (tertiary alicyclic amines) is 2. The zero-order valence-corrected chi connectivity index (χ0v) is 24.7. The van der Waals surface area contributed by atoms with E-state index in [2.05, 4.69) is 25.6 Å². The first-order chi connectivity index (χ1) is 19.5. The summed E-state index contributed by atoms with van der Waals surface area (Å²) in [6.45, 7) is 5.64. The fourth-order valence-corrected chi connectivity index (χ4v) is 6.16. The van der Waals surface area contributed by atoms with E-state index in [-0.39, 0.29) is 33.8 Å². The number of hydrogen-bond donors (Lipinski definition) is 0. The molecule has 2 aromatic rings. The van der Waals surface area contributed by atoms with Gasteiger partial charge in [0.05, 0.1) is 4.47 Å². The van der Waals surface area contributed by atoms with Crippen molar-refractivity contribution in [3.63, 3.8) is 0 Å². The third-order valence-corrected chi connectivity index (χ3v) is 8.63. The molecule has 11 heteroatoms. The van der Waals surface area contributed by atoms with Crippen LogP contribution in [0.15, 0.2) is 46.9 Å². The zero-order valence-electron chi connectivity index (χ0n) is 23.1. The van der Waals surface area contributed by atoms with Gasteiger partial charge < -0.3 is 19.4 Å². The van der Waals surface area contributed by atoms with Gasteiger partial charge in [-0.1, -0.05) is 12.1 Å². The topological polar surface area (TPSA) is 53.1 Å². The van der Waals surface area contributed by atoms with Gasteiger partial charge in [-0.05, 0) is 116 Å². The summed E-state index contributed by atoms with van der Waals surface area (Å²) in [6, 6.07) is 10.9. The number of anilines is 1. The van der Waals surface area contributed by atoms with Crippen LogP contribution in [0.25, 0.3) is 0 Å². The van der Waals surface area contributed by atoms with Crippen molar-refractivity contribution in [2.75, 3.05) is 44.2 Å². The number of ether oxygens (including phenoxy) is 1. The average Bonchev–Trinajstić information content (AvgIpc) is 2.93. The molecule has 0 aromatic heterocycles. The molecule has 224 valence electrons. The predicted molar refractivity (Wildman–Crippen MR) is 152 cm³/mol. The molecule has 2 saturated heterocycles. The van der Waals surface area contributed by atoms with Crippen molar-refractivity contribution in [2.45, 2.75) is 51.8 Å². The van der Waals surface area contributed by atoms with Crippen LogP contribution in [0, 0.1) is 17.7 Å². The highest BCUT2D eigenvalue weighted by Crippen LogP contribution is 2.35. The lowest BCUT2D eigenvalue weighted by atomic mass is 9.90. The second-order valence-corrected chi connectivity index (χ2v) is 11.8. The molecule has 0 unspecified atom stereocenters. The number of benzene rings is 2. The first kappa shape index (κ1) is 31.3. The average molecular weight is 643 g/mol. The molecule has 0 atom stereocenters. The van der Waals surface area contributed by atoms with Crippen molar-refractivity contribution in [3.05, 3.63) is 58.3 Å². The molecule has 0 N–H and O–H groups in total. The normalized spacial score (nSPS) is 17.5. The van der Waals surface area contributed by atoms with Crippen LogP contribution in [-0.2, 0) is 16.0 Å². The SMILES string of the molecule is CC(=O)N1CCC(C(=O)N(CCCN2CCC(Cc3ccc(F)cc3)CC2)c2ccc(OC(F)(F)F)c(Br)c2)CC1. The van der Waals surface area contributed by atoms with E-state index in [0.29, 0.717) is 50.5 Å². The molecule has 0 saturated carbocycles. The van der Waals surface area contributed by atoms with Crippen LogP contribution in [0.4, 0.5) is 23.2 Å². The van der Waals surface area contributed by atoms with Gasteiger partial charge in [0, 0.05) is 38.2 Å². The quantitative estimate of drug-likeness (QED) is 0.297. The number of carbonyl (C=O) groups excluding carboxylic acids is 2. The van der Waals surface area contributed by atoms with Crippen molar-refractivity contribution in [1.82, 2.24) is 9.80 Å². The van der Waals surface area contributed by atoms with E-state index in [0.717, 1.165) is 44.5 Å². The van der Waals surface area contributed by atoms with Crippen LogP contribution >= 0.6 is 15.9 Å². The predicted octanol–water partition coefficient (Wildman–Crippen LogP) is 6.42. The van der Waals surface area contributed by atoms with Crippen molar-refractivity contribution >= 4 is 33.4 Å². The number of nitrogens with zero attached hydrogens (tertiary/aromatic N) is 3. The third-order valence-electron chi connectivity index (χ3n) is 8.01. The molecule has 2 heterocycles. The Bertz CT molecular complexity index is 1180. The molecule has 0 radical (unpaired) electrons. The first-order valence-electron chi connectivity index (χ1n) is 14.1. The second-order valence-electron chi connectivity index (χ2n) is 10.9. The zero-order chi connectivity index (χ0) is 29.6. The Morgan fingerprint density at radius 1 is 1.00 bits per heavy atom. The summed E-state index contributed by atoms with van der Waals surface area (Å²) in [5, 5.41) is 0. The molecular formula is C30H36BrF4N3O3. The summed E-state index contributed by atoms with van der Waals surface area (Å²) in [4.78, 5) is 31.2. The van der Waals surface area contributed by atoms with Crippen molar-refractivity contribution in [1.29, 1.82) is 0 Å². The van der Waals surface area contributed by atoms with E-state index in [4.69, 9.17) is 0 Å². The fourth-order valence-electron chi connectivity index (χ4n) is 5.71. The lowest BCUT2D eigenvalue weighted by Gasteiger charge is -2.35. The Labute approximate surface area is 246 Å². The molecule has 2 aliphatic heterocycles. The molecule has 0 aliphatic carbocycles. The molecule has 6 nitrogen and oxygen atoms in total. The Morgan fingerprint density at radius 3 is 2.24 bits per heavy atom. The van der Waals surface area contributed by atoms with Crippen LogP contribution in [0.3, 0.4) is 0 Å². The number of hydrogen-bond acceptors (Lipinski definition) is 4. The van der Waals surface area contributed by atoms with Gasteiger partial charge in [-0.25, -0.2) is 4.39 Å². The lowest BCUT2D eigenvalue weighted by Crippen LogP contribution is -2.45. The number of halogens is 5. The monoisotopic (exact) mass is 641 g/mol. The molecule has 2 aromatic carbocycles. The molecule has 2 aliphatic rings. The van der Waals surface area contributed by atoms with Crippen molar-refractivity contribution in [2.24, 2.45) is 11.8 Å². The molecule has 4 rings (SSSR count). The van der Waals surface area contributed by atoms with E-state index in [9.17, 15) is 27.2 Å². The van der Waals surface area contributed by atoms with Crippen LogP contribution in [0.1, 0.15) is 44.6 Å². The summed E-state index contributed by atoms with van der Waals surface area (Å²) in [7, 11) is 0. The number of rotatable bonds is 9. The molecule has 2 fully saturated rings. The van der Waals surface area contributed by atoms with Gasteiger partial charge in [0.25, 0.3) is 0 Å². The van der Waals surface area contributed by atoms with E-state index in [1.54, 1.807) is 9.80 Å². The van der Waals surface area contributed by atoms with Crippen molar-refractivity contribution in [3.8, 4) is 5.75 Å². The van der Waals surface area contributed by atoms with E-state index >= 15 is 0 Å². The smallest absolute Gasteiger partial charge is 0.405 e. The van der Waals surface area contributed by atoms with Crippen molar-refractivity contribution < 1.29 is 31.9 Å². The summed E-state index contributed by atoms with van der Waals surface area (Å²) >= 11 is 3.17. The largest absolute Gasteiger partial charge is 0.573 e. The van der Waals surface area contributed by atoms with Gasteiger partial charge >= 0.3 is 6.36 Å². The minimum absolute atomic E-state index is 0.0154. The molecule has 0 spiro atoms. The number of amides is 2. The molecule has 2 amide bonds. The second kappa shape index (κ2) is 14.0. The van der Waals surface area contributed by atoms with Crippen LogP contribution in [0.2, 0.25) is 0 Å². The van der Waals surface area contributed by atoms with Gasteiger partial charge in [-0.2, -0.15) is 0 Å². The van der Waals surface area contributed by atoms with Gasteiger partial charge in [0.1, 0.15) is 11.6 Å². The van der Waals surface area contributed by atoms with Crippen LogP contribution in [0.5, 0.6) is 5.75 Å².